The Morgan fingerprint density at radius 2 is 1.76 bits per heavy atom. The smallest absolute Gasteiger partial charge is 0.255 e. The van der Waals surface area contributed by atoms with Gasteiger partial charge in [-0.25, -0.2) is 4.98 Å². The Morgan fingerprint density at radius 1 is 1.16 bits per heavy atom. The van der Waals surface area contributed by atoms with Gasteiger partial charge in [-0.15, -0.1) is 0 Å². The third-order valence-corrected chi connectivity index (χ3v) is 5.72. The van der Waals surface area contributed by atoms with E-state index in [2.05, 4.69) is 23.7 Å². The fourth-order valence-electron chi connectivity index (χ4n) is 4.30. The van der Waals surface area contributed by atoms with Gasteiger partial charge in [0.1, 0.15) is 5.82 Å². The number of rotatable bonds is 5. The fourth-order valence-corrected chi connectivity index (χ4v) is 4.30. The fraction of sp³-hybridized carbons (Fsp3) is 0.700. The van der Waals surface area contributed by atoms with E-state index in [1.54, 1.807) is 6.20 Å². The number of carbonyl (C=O) groups is 1. The Hall–Kier alpha value is -1.62. The largest absolute Gasteiger partial charge is 0.372 e. The predicted octanol–water partition coefficient (Wildman–Crippen LogP) is 2.96. The molecular formula is C20H29N3O2. The van der Waals surface area contributed by atoms with Crippen LogP contribution < -0.4 is 4.90 Å². The summed E-state index contributed by atoms with van der Waals surface area (Å²) in [6.07, 6.45) is 7.28. The van der Waals surface area contributed by atoms with Crippen LogP contribution in [-0.4, -0.2) is 54.2 Å². The van der Waals surface area contributed by atoms with E-state index in [9.17, 15) is 4.79 Å². The molecule has 0 aromatic carbocycles. The lowest BCUT2D eigenvalue weighted by Crippen LogP contribution is -2.45. The molecule has 4 rings (SSSR count). The number of carbonyl (C=O) groups excluding carboxylic acids is 1. The van der Waals surface area contributed by atoms with Gasteiger partial charge in [0, 0.05) is 32.4 Å². The summed E-state index contributed by atoms with van der Waals surface area (Å²) in [5, 5.41) is 0. The molecular weight excluding hydrogens is 314 g/mol. The van der Waals surface area contributed by atoms with Crippen molar-refractivity contribution in [1.29, 1.82) is 0 Å². The lowest BCUT2D eigenvalue weighted by Gasteiger charge is -2.36. The molecule has 1 amide bonds. The number of amides is 1. The number of hydrogen-bond donors (Lipinski definition) is 0. The quantitative estimate of drug-likeness (QED) is 0.825. The standard InChI is InChI=1S/C20H29N3O2/c1-13-11-23(12-14(2)25-13)18-9-8-17(10-21-18)20(24)22(3)19(15-4-5-15)16-6-7-16/h8-10,13-16,19H,4-7,11-12H2,1-3H3/t13-,14-/m0/s1. The molecule has 2 atom stereocenters. The molecule has 2 saturated carbocycles. The van der Waals surface area contributed by atoms with Crippen LogP contribution in [0.3, 0.4) is 0 Å². The Kier molecular flexibility index (Phi) is 4.44. The van der Waals surface area contributed by atoms with Crippen molar-refractivity contribution in [3.05, 3.63) is 23.9 Å². The summed E-state index contributed by atoms with van der Waals surface area (Å²) in [7, 11) is 1.98. The molecule has 136 valence electrons. The Bertz CT molecular complexity index is 602. The summed E-state index contributed by atoms with van der Waals surface area (Å²) in [5.41, 5.74) is 0.701. The number of hydrogen-bond acceptors (Lipinski definition) is 4. The SMILES string of the molecule is C[C@H]1CN(c2ccc(C(=O)N(C)C(C3CC3)C3CC3)cn2)C[C@H](C)O1. The molecule has 1 aromatic heterocycles. The van der Waals surface area contributed by atoms with Gasteiger partial charge in [0.25, 0.3) is 5.91 Å². The molecule has 1 aliphatic heterocycles. The molecule has 0 bridgehead atoms. The van der Waals surface area contributed by atoms with Crippen molar-refractivity contribution >= 4 is 11.7 Å². The predicted molar refractivity (Wildman–Crippen MR) is 97.8 cm³/mol. The van der Waals surface area contributed by atoms with Crippen molar-refractivity contribution in [2.24, 2.45) is 11.8 Å². The maximum absolute atomic E-state index is 12.9. The summed E-state index contributed by atoms with van der Waals surface area (Å²) in [6.45, 7) is 5.86. The summed E-state index contributed by atoms with van der Waals surface area (Å²) < 4.78 is 5.78. The molecule has 2 aliphatic carbocycles. The third kappa shape index (κ3) is 3.66. The molecule has 0 radical (unpaired) electrons. The lowest BCUT2D eigenvalue weighted by molar-refractivity contribution is -0.00546. The van der Waals surface area contributed by atoms with Crippen molar-refractivity contribution in [3.63, 3.8) is 0 Å². The molecule has 5 nitrogen and oxygen atoms in total. The van der Waals surface area contributed by atoms with E-state index >= 15 is 0 Å². The zero-order valence-corrected chi connectivity index (χ0v) is 15.5. The van der Waals surface area contributed by atoms with E-state index in [0.29, 0.717) is 11.6 Å². The molecule has 2 heterocycles. The van der Waals surface area contributed by atoms with Gasteiger partial charge in [-0.3, -0.25) is 4.79 Å². The zero-order valence-electron chi connectivity index (χ0n) is 15.5. The van der Waals surface area contributed by atoms with E-state index in [1.165, 1.54) is 25.7 Å². The van der Waals surface area contributed by atoms with Crippen molar-refractivity contribution in [1.82, 2.24) is 9.88 Å². The first-order valence-corrected chi connectivity index (χ1v) is 9.66. The maximum Gasteiger partial charge on any atom is 0.255 e. The first-order chi connectivity index (χ1) is 12.0. The first kappa shape index (κ1) is 16.8. The van der Waals surface area contributed by atoms with E-state index in [4.69, 9.17) is 4.74 Å². The van der Waals surface area contributed by atoms with Crippen LogP contribution >= 0.6 is 0 Å². The molecule has 5 heteroatoms. The van der Waals surface area contributed by atoms with E-state index < -0.39 is 0 Å². The average Bonchev–Trinajstić information content (AvgIpc) is 3.48. The minimum Gasteiger partial charge on any atom is -0.372 e. The normalized spacial score (nSPS) is 26.8. The van der Waals surface area contributed by atoms with Crippen LogP contribution in [0, 0.1) is 11.8 Å². The molecule has 0 unspecified atom stereocenters. The second-order valence-corrected chi connectivity index (χ2v) is 8.15. The van der Waals surface area contributed by atoms with Crippen molar-refractivity contribution in [2.45, 2.75) is 57.8 Å². The van der Waals surface area contributed by atoms with Crippen molar-refractivity contribution in [3.8, 4) is 0 Å². The van der Waals surface area contributed by atoms with Gasteiger partial charge in [0.15, 0.2) is 0 Å². The molecule has 0 N–H and O–H groups in total. The van der Waals surface area contributed by atoms with Crippen LogP contribution in [0.4, 0.5) is 5.82 Å². The highest BCUT2D eigenvalue weighted by Crippen LogP contribution is 2.47. The van der Waals surface area contributed by atoms with Crippen LogP contribution in [0.1, 0.15) is 49.9 Å². The molecule has 3 fully saturated rings. The van der Waals surface area contributed by atoms with Crippen LogP contribution in [0.15, 0.2) is 18.3 Å². The van der Waals surface area contributed by atoms with E-state index in [0.717, 1.165) is 30.7 Å². The van der Waals surface area contributed by atoms with Gasteiger partial charge in [0.05, 0.1) is 17.8 Å². The van der Waals surface area contributed by atoms with Crippen LogP contribution in [0.2, 0.25) is 0 Å². The summed E-state index contributed by atoms with van der Waals surface area (Å²) in [6, 6.07) is 4.35. The molecule has 25 heavy (non-hydrogen) atoms. The Labute approximate surface area is 150 Å². The topological polar surface area (TPSA) is 45.7 Å². The minimum absolute atomic E-state index is 0.117. The van der Waals surface area contributed by atoms with Gasteiger partial charge < -0.3 is 14.5 Å². The number of pyridine rings is 1. The summed E-state index contributed by atoms with van der Waals surface area (Å²) >= 11 is 0. The number of nitrogens with zero attached hydrogens (tertiary/aromatic N) is 3. The minimum atomic E-state index is 0.117. The van der Waals surface area contributed by atoms with Gasteiger partial charge in [-0.2, -0.15) is 0 Å². The third-order valence-electron chi connectivity index (χ3n) is 5.72. The number of ether oxygens (including phenoxy) is 1. The molecule has 3 aliphatic rings. The molecule has 1 saturated heterocycles. The van der Waals surface area contributed by atoms with Crippen molar-refractivity contribution in [2.75, 3.05) is 25.0 Å². The second-order valence-electron chi connectivity index (χ2n) is 8.15. The number of aromatic nitrogens is 1. The number of morpholine rings is 1. The van der Waals surface area contributed by atoms with Gasteiger partial charge in [-0.1, -0.05) is 0 Å². The first-order valence-electron chi connectivity index (χ1n) is 9.66. The highest BCUT2D eigenvalue weighted by Gasteiger charge is 2.45. The van der Waals surface area contributed by atoms with Crippen LogP contribution in [-0.2, 0) is 4.74 Å². The van der Waals surface area contributed by atoms with Crippen molar-refractivity contribution < 1.29 is 9.53 Å². The van der Waals surface area contributed by atoms with E-state index in [1.807, 2.05) is 24.1 Å². The van der Waals surface area contributed by atoms with Crippen LogP contribution in [0.25, 0.3) is 0 Å². The average molecular weight is 343 g/mol. The second kappa shape index (κ2) is 6.60. The Balaban J connectivity index is 1.45. The monoisotopic (exact) mass is 343 g/mol. The Morgan fingerprint density at radius 3 is 2.24 bits per heavy atom. The van der Waals surface area contributed by atoms with Gasteiger partial charge >= 0.3 is 0 Å². The highest BCUT2D eigenvalue weighted by molar-refractivity contribution is 5.94. The highest BCUT2D eigenvalue weighted by atomic mass is 16.5. The zero-order chi connectivity index (χ0) is 17.6. The van der Waals surface area contributed by atoms with Gasteiger partial charge in [0.2, 0.25) is 0 Å². The van der Waals surface area contributed by atoms with E-state index in [-0.39, 0.29) is 18.1 Å². The van der Waals surface area contributed by atoms with Crippen LogP contribution in [0.5, 0.6) is 0 Å². The summed E-state index contributed by atoms with van der Waals surface area (Å²) in [4.78, 5) is 21.7. The molecule has 0 spiro atoms. The molecule has 1 aromatic rings. The lowest BCUT2D eigenvalue weighted by atomic mass is 10.0. The summed E-state index contributed by atoms with van der Waals surface area (Å²) in [5.74, 6) is 2.50. The maximum atomic E-state index is 12.9. The van der Waals surface area contributed by atoms with Gasteiger partial charge in [-0.05, 0) is 63.5 Å². The number of anilines is 1.